The molecule has 1 amide bonds. The molecular formula is C19H23N3O3. The Morgan fingerprint density at radius 3 is 2.88 bits per heavy atom. The van der Waals surface area contributed by atoms with Crippen molar-refractivity contribution in [3.63, 3.8) is 0 Å². The number of pyridine rings is 2. The van der Waals surface area contributed by atoms with Crippen molar-refractivity contribution in [2.24, 2.45) is 5.92 Å². The maximum Gasteiger partial charge on any atom is 0.306 e. The number of hydrogen-bond donors (Lipinski definition) is 1. The van der Waals surface area contributed by atoms with E-state index in [2.05, 4.69) is 32.2 Å². The van der Waals surface area contributed by atoms with Crippen LogP contribution in [0.2, 0.25) is 0 Å². The first-order chi connectivity index (χ1) is 12.1. The van der Waals surface area contributed by atoms with Crippen molar-refractivity contribution in [3.05, 3.63) is 36.2 Å². The molecule has 2 aromatic rings. The molecule has 0 bridgehead atoms. The van der Waals surface area contributed by atoms with E-state index in [1.807, 2.05) is 12.1 Å². The summed E-state index contributed by atoms with van der Waals surface area (Å²) in [5, 5.41) is 4.04. The number of aromatic nitrogens is 2. The van der Waals surface area contributed by atoms with Crippen molar-refractivity contribution in [2.75, 3.05) is 7.11 Å². The van der Waals surface area contributed by atoms with Crippen LogP contribution in [0.25, 0.3) is 11.0 Å². The molecule has 1 aliphatic carbocycles. The summed E-state index contributed by atoms with van der Waals surface area (Å²) in [6.45, 7) is 0. The van der Waals surface area contributed by atoms with Crippen molar-refractivity contribution in [1.82, 2.24) is 15.3 Å². The number of rotatable bonds is 7. The molecule has 1 N–H and O–H groups in total. The lowest BCUT2D eigenvalue weighted by molar-refractivity contribution is -0.142. The van der Waals surface area contributed by atoms with Crippen molar-refractivity contribution >= 4 is 22.9 Å². The maximum atomic E-state index is 11.7. The molecule has 0 unspecified atom stereocenters. The Bertz CT molecular complexity index is 756. The number of amides is 1. The van der Waals surface area contributed by atoms with Gasteiger partial charge in [-0.2, -0.15) is 0 Å². The Hall–Kier alpha value is -2.50. The Kier molecular flexibility index (Phi) is 5.58. The average molecular weight is 341 g/mol. The van der Waals surface area contributed by atoms with E-state index in [1.165, 1.54) is 7.11 Å². The second-order valence-electron chi connectivity index (χ2n) is 6.57. The van der Waals surface area contributed by atoms with Gasteiger partial charge in [0.1, 0.15) is 0 Å². The smallest absolute Gasteiger partial charge is 0.306 e. The standard InChI is InChI=1S/C19H23N3O3/c1-25-18(24)9-8-17(23)21-16-11-13(12-16)4-6-15-7-5-14-3-2-10-20-19(14)22-15/h2-3,5,7,10,13,16H,4,6,8-9,11-12H2,1H3,(H,21,23). The number of esters is 1. The van der Waals surface area contributed by atoms with Crippen LogP contribution in [-0.4, -0.2) is 35.0 Å². The van der Waals surface area contributed by atoms with E-state index in [4.69, 9.17) is 0 Å². The van der Waals surface area contributed by atoms with Crippen LogP contribution in [0.5, 0.6) is 0 Å². The first-order valence-electron chi connectivity index (χ1n) is 8.71. The highest BCUT2D eigenvalue weighted by molar-refractivity contribution is 5.81. The number of carbonyl (C=O) groups is 2. The fraction of sp³-hybridized carbons (Fsp3) is 0.474. The third-order valence-electron chi connectivity index (χ3n) is 4.72. The van der Waals surface area contributed by atoms with Gasteiger partial charge in [0.25, 0.3) is 0 Å². The molecule has 0 aliphatic heterocycles. The lowest BCUT2D eigenvalue weighted by Crippen LogP contribution is -2.44. The van der Waals surface area contributed by atoms with Gasteiger partial charge in [-0.05, 0) is 55.9 Å². The van der Waals surface area contributed by atoms with Gasteiger partial charge >= 0.3 is 5.97 Å². The van der Waals surface area contributed by atoms with Crippen LogP contribution in [0.1, 0.15) is 37.8 Å². The van der Waals surface area contributed by atoms with E-state index in [9.17, 15) is 9.59 Å². The van der Waals surface area contributed by atoms with Crippen LogP contribution in [0.4, 0.5) is 0 Å². The van der Waals surface area contributed by atoms with Crippen LogP contribution in [-0.2, 0) is 20.7 Å². The SMILES string of the molecule is COC(=O)CCC(=O)NC1CC(CCc2ccc3cccnc3n2)C1. The van der Waals surface area contributed by atoms with Gasteiger partial charge in [0.2, 0.25) is 5.91 Å². The number of hydrogen-bond acceptors (Lipinski definition) is 5. The molecule has 2 aromatic heterocycles. The molecular weight excluding hydrogens is 318 g/mol. The van der Waals surface area contributed by atoms with Gasteiger partial charge in [-0.15, -0.1) is 0 Å². The Morgan fingerprint density at radius 2 is 2.08 bits per heavy atom. The first-order valence-corrected chi connectivity index (χ1v) is 8.71. The lowest BCUT2D eigenvalue weighted by atomic mass is 9.77. The number of nitrogens with zero attached hydrogens (tertiary/aromatic N) is 2. The molecule has 1 aliphatic rings. The normalized spacial score (nSPS) is 19.2. The highest BCUT2D eigenvalue weighted by atomic mass is 16.5. The molecule has 0 aromatic carbocycles. The van der Waals surface area contributed by atoms with Crippen molar-refractivity contribution in [3.8, 4) is 0 Å². The fourth-order valence-corrected chi connectivity index (χ4v) is 3.19. The molecule has 3 rings (SSSR count). The first kappa shape index (κ1) is 17.3. The summed E-state index contributed by atoms with van der Waals surface area (Å²) >= 11 is 0. The van der Waals surface area contributed by atoms with E-state index in [-0.39, 0.29) is 30.8 Å². The zero-order valence-electron chi connectivity index (χ0n) is 14.4. The minimum absolute atomic E-state index is 0.0730. The van der Waals surface area contributed by atoms with Gasteiger partial charge in [-0.3, -0.25) is 9.59 Å². The quantitative estimate of drug-likeness (QED) is 0.782. The zero-order valence-corrected chi connectivity index (χ0v) is 14.4. The van der Waals surface area contributed by atoms with Gasteiger partial charge in [0.15, 0.2) is 5.65 Å². The third kappa shape index (κ3) is 4.75. The summed E-state index contributed by atoms with van der Waals surface area (Å²) in [7, 11) is 1.33. The van der Waals surface area contributed by atoms with Gasteiger partial charge in [-0.1, -0.05) is 0 Å². The number of nitrogens with one attached hydrogen (secondary N) is 1. The molecule has 6 heteroatoms. The monoisotopic (exact) mass is 341 g/mol. The summed E-state index contributed by atoms with van der Waals surface area (Å²) in [5.41, 5.74) is 1.86. The summed E-state index contributed by atoms with van der Waals surface area (Å²) in [4.78, 5) is 31.7. The van der Waals surface area contributed by atoms with Crippen molar-refractivity contribution in [2.45, 2.75) is 44.6 Å². The zero-order chi connectivity index (χ0) is 17.6. The van der Waals surface area contributed by atoms with Crippen LogP contribution in [0.3, 0.4) is 0 Å². The van der Waals surface area contributed by atoms with Gasteiger partial charge in [0.05, 0.1) is 13.5 Å². The molecule has 25 heavy (non-hydrogen) atoms. The Balaban J connectivity index is 1.37. The highest BCUT2D eigenvalue weighted by Gasteiger charge is 2.29. The number of methoxy groups -OCH3 is 1. The second kappa shape index (κ2) is 8.05. The minimum Gasteiger partial charge on any atom is -0.469 e. The Morgan fingerprint density at radius 1 is 1.24 bits per heavy atom. The third-order valence-corrected chi connectivity index (χ3v) is 4.72. The summed E-state index contributed by atoms with van der Waals surface area (Å²) < 4.78 is 4.53. The van der Waals surface area contributed by atoms with Gasteiger partial charge in [-0.25, -0.2) is 9.97 Å². The van der Waals surface area contributed by atoms with Gasteiger partial charge in [0, 0.05) is 29.7 Å². The van der Waals surface area contributed by atoms with Crippen LogP contribution in [0.15, 0.2) is 30.5 Å². The number of aryl methyl sites for hydroxylation is 1. The average Bonchev–Trinajstić information content (AvgIpc) is 2.61. The summed E-state index contributed by atoms with van der Waals surface area (Å²) in [5.74, 6) is 0.197. The molecule has 0 saturated heterocycles. The topological polar surface area (TPSA) is 81.2 Å². The molecule has 0 atom stereocenters. The fourth-order valence-electron chi connectivity index (χ4n) is 3.19. The lowest BCUT2D eigenvalue weighted by Gasteiger charge is -2.36. The second-order valence-corrected chi connectivity index (χ2v) is 6.57. The van der Waals surface area contributed by atoms with E-state index < -0.39 is 0 Å². The molecule has 6 nitrogen and oxygen atoms in total. The van der Waals surface area contributed by atoms with Crippen LogP contribution >= 0.6 is 0 Å². The highest BCUT2D eigenvalue weighted by Crippen LogP contribution is 2.31. The predicted molar refractivity (Wildman–Crippen MR) is 93.8 cm³/mol. The van der Waals surface area contributed by atoms with Gasteiger partial charge < -0.3 is 10.1 Å². The summed E-state index contributed by atoms with van der Waals surface area (Å²) in [6, 6.07) is 8.29. The number of ether oxygens (including phenoxy) is 1. The molecule has 0 spiro atoms. The largest absolute Gasteiger partial charge is 0.469 e. The number of carbonyl (C=O) groups excluding carboxylic acids is 2. The predicted octanol–water partition coefficient (Wildman–Crippen LogP) is 2.41. The van der Waals surface area contributed by atoms with E-state index in [0.717, 1.165) is 42.4 Å². The minimum atomic E-state index is -0.348. The Labute approximate surface area is 147 Å². The maximum absolute atomic E-state index is 11.7. The van der Waals surface area contributed by atoms with E-state index in [1.54, 1.807) is 6.20 Å². The molecule has 1 fully saturated rings. The van der Waals surface area contributed by atoms with Crippen LogP contribution in [0, 0.1) is 5.92 Å². The van der Waals surface area contributed by atoms with Crippen molar-refractivity contribution < 1.29 is 14.3 Å². The molecule has 132 valence electrons. The molecule has 0 radical (unpaired) electrons. The van der Waals surface area contributed by atoms with Crippen LogP contribution < -0.4 is 5.32 Å². The number of fused-ring (bicyclic) bond motifs is 1. The molecule has 2 heterocycles. The van der Waals surface area contributed by atoms with E-state index in [0.29, 0.717) is 5.92 Å². The molecule has 1 saturated carbocycles. The van der Waals surface area contributed by atoms with E-state index >= 15 is 0 Å². The van der Waals surface area contributed by atoms with Crippen molar-refractivity contribution in [1.29, 1.82) is 0 Å². The summed E-state index contributed by atoms with van der Waals surface area (Å²) in [6.07, 6.45) is 6.09.